The van der Waals surface area contributed by atoms with Crippen LogP contribution in [0.25, 0.3) is 16.5 Å². The number of rotatable bonds is 12. The van der Waals surface area contributed by atoms with Gasteiger partial charge in [0, 0.05) is 79.5 Å². The van der Waals surface area contributed by atoms with Crippen molar-refractivity contribution in [1.29, 1.82) is 5.26 Å². The number of carbonyl (C=O) groups excluding carboxylic acids is 4. The highest BCUT2D eigenvalue weighted by molar-refractivity contribution is 6.36. The summed E-state index contributed by atoms with van der Waals surface area (Å²) in [5.41, 5.74) is 7.35. The van der Waals surface area contributed by atoms with Gasteiger partial charge in [0.05, 0.1) is 70.6 Å². The summed E-state index contributed by atoms with van der Waals surface area (Å²) in [6.45, 7) is 9.54. The number of hydrogen-bond acceptors (Lipinski definition) is 12. The fourth-order valence-electron chi connectivity index (χ4n) is 10.9. The van der Waals surface area contributed by atoms with Gasteiger partial charge in [0.15, 0.2) is 17.3 Å². The van der Waals surface area contributed by atoms with Crippen LogP contribution in [0.4, 0.5) is 40.4 Å². The Labute approximate surface area is 439 Å². The molecule has 21 heteroatoms. The van der Waals surface area contributed by atoms with Crippen molar-refractivity contribution in [2.45, 2.75) is 64.7 Å². The number of primary amides is 1. The van der Waals surface area contributed by atoms with Gasteiger partial charge in [0.25, 0.3) is 17.7 Å². The molecule has 2 saturated heterocycles. The number of halogens is 5. The minimum absolute atomic E-state index is 0.0229. The van der Waals surface area contributed by atoms with E-state index in [9.17, 15) is 42.0 Å². The number of nitrogens with two attached hydrogens (primary N) is 1. The number of fused-ring (bicyclic) bond motifs is 3. The highest BCUT2D eigenvalue weighted by Gasteiger charge is 2.46. The van der Waals surface area contributed by atoms with Gasteiger partial charge in [-0.15, -0.1) is 0 Å². The number of alkyl halides is 3. The van der Waals surface area contributed by atoms with Crippen molar-refractivity contribution in [2.24, 2.45) is 17.1 Å². The number of nitrogens with zero attached hydrogens (tertiary/aromatic N) is 9. The first-order valence-corrected chi connectivity index (χ1v) is 25.2. The number of aromatic nitrogens is 4. The molecule has 2 fully saturated rings. The zero-order valence-electron chi connectivity index (χ0n) is 41.6. The second-order valence-electron chi connectivity index (χ2n) is 20.4. The maximum Gasteiger partial charge on any atom is 0.435 e. The predicted octanol–water partition coefficient (Wildman–Crippen LogP) is 9.00. The molecule has 4 aromatic carbocycles. The van der Waals surface area contributed by atoms with Gasteiger partial charge >= 0.3 is 12.2 Å². The van der Waals surface area contributed by atoms with Crippen LogP contribution < -0.4 is 25.6 Å². The van der Waals surface area contributed by atoms with Crippen LogP contribution in [-0.4, -0.2) is 105 Å². The van der Waals surface area contributed by atoms with Crippen molar-refractivity contribution in [3.05, 3.63) is 136 Å². The minimum atomic E-state index is -4.88. The lowest BCUT2D eigenvalue weighted by molar-refractivity contribution is -0.141. The molecule has 0 spiro atoms. The molecule has 0 bridgehead atoms. The molecular weight excluding hydrogens is 1010 g/mol. The lowest BCUT2D eigenvalue weighted by atomic mass is 9.75. The van der Waals surface area contributed by atoms with Gasteiger partial charge in [-0.2, -0.15) is 33.5 Å². The van der Waals surface area contributed by atoms with Crippen molar-refractivity contribution in [3.63, 3.8) is 0 Å². The molecule has 76 heavy (non-hydrogen) atoms. The zero-order chi connectivity index (χ0) is 53.8. The van der Waals surface area contributed by atoms with Gasteiger partial charge in [0.1, 0.15) is 5.82 Å². The Morgan fingerprint density at radius 1 is 0.974 bits per heavy atom. The Kier molecular flexibility index (Phi) is 13.7. The van der Waals surface area contributed by atoms with Crippen LogP contribution >= 0.6 is 11.6 Å². The van der Waals surface area contributed by atoms with Crippen molar-refractivity contribution >= 4 is 68.8 Å². The summed E-state index contributed by atoms with van der Waals surface area (Å²) >= 11 is 6.77. The van der Waals surface area contributed by atoms with Crippen LogP contribution in [0.5, 0.6) is 6.01 Å². The summed E-state index contributed by atoms with van der Waals surface area (Å²) in [5.74, 6) is -3.07. The number of nitrogens with one attached hydrogen (secondary N) is 1. The van der Waals surface area contributed by atoms with E-state index in [0.29, 0.717) is 67.7 Å². The topological polar surface area (TPSA) is 196 Å². The van der Waals surface area contributed by atoms with Crippen molar-refractivity contribution < 1.29 is 41.5 Å². The Bertz CT molecular complexity index is 3390. The lowest BCUT2D eigenvalue weighted by Crippen LogP contribution is -2.55. The quantitative estimate of drug-likeness (QED) is 0.0873. The molecule has 0 unspecified atom stereocenters. The molecule has 2 aromatic heterocycles. The molecule has 3 aliphatic heterocycles. The summed E-state index contributed by atoms with van der Waals surface area (Å²) in [6, 6.07) is 24.2. The fraction of sp³-hybridized carbons (Fsp3) is 0.345. The van der Waals surface area contributed by atoms with Crippen LogP contribution in [0, 0.1) is 22.7 Å². The van der Waals surface area contributed by atoms with Gasteiger partial charge in [0.2, 0.25) is 0 Å². The third-order valence-corrected chi connectivity index (χ3v) is 14.9. The Morgan fingerprint density at radius 3 is 2.46 bits per heavy atom. The van der Waals surface area contributed by atoms with Crippen molar-refractivity contribution in [3.8, 4) is 17.8 Å². The molecule has 0 saturated carbocycles. The van der Waals surface area contributed by atoms with Gasteiger partial charge in [-0.05, 0) is 84.7 Å². The Hall–Kier alpha value is -8.05. The summed E-state index contributed by atoms with van der Waals surface area (Å²) in [7, 11) is 0. The molecule has 0 radical (unpaired) electrons. The van der Waals surface area contributed by atoms with E-state index in [1.54, 1.807) is 43.0 Å². The van der Waals surface area contributed by atoms with E-state index >= 15 is 0 Å². The molecule has 2 atom stereocenters. The van der Waals surface area contributed by atoms with E-state index in [0.717, 1.165) is 32.4 Å². The van der Waals surface area contributed by atoms with Gasteiger partial charge in [-0.3, -0.25) is 19.2 Å². The van der Waals surface area contributed by atoms with Crippen molar-refractivity contribution in [1.82, 2.24) is 29.5 Å². The molecule has 4 aliphatic rings. The van der Waals surface area contributed by atoms with Crippen LogP contribution in [0.1, 0.15) is 86.8 Å². The first-order valence-electron chi connectivity index (χ1n) is 24.8. The highest BCUT2D eigenvalue weighted by Crippen LogP contribution is 2.43. The number of ether oxygens (including phenoxy) is 1. The number of benzene rings is 4. The summed E-state index contributed by atoms with van der Waals surface area (Å²) in [4.78, 5) is 69.5. The maximum atomic E-state index is 14.2. The Balaban J connectivity index is 0.847. The van der Waals surface area contributed by atoms with Crippen LogP contribution in [0.2, 0.25) is 5.02 Å². The number of carbonyl (C=O) groups is 4. The second kappa shape index (κ2) is 20.2. The number of Topliss-reactive ketones (excluding diaryl/α,β-unsaturated/α-hetero) is 1. The number of piperazine rings is 1. The number of nitriles is 1. The van der Waals surface area contributed by atoms with Crippen LogP contribution in [0.15, 0.2) is 91.3 Å². The van der Waals surface area contributed by atoms with Crippen molar-refractivity contribution in [2.75, 3.05) is 61.0 Å². The first kappa shape index (κ1) is 51.4. The van der Waals surface area contributed by atoms with E-state index in [-0.39, 0.29) is 79.4 Å². The smallest absolute Gasteiger partial charge is 0.435 e. The standard InChI is InChI=1S/C55H52ClF4N11O5/c1-31(57)51(74)70-23-22-68(28-37(70)16-19-61)50-39-18-21-67(43-9-5-7-33-6-4-8-40(56)46(33)43)29-42(39)64-53(65-50)76-30-32-17-20-69(27-32)52(75)34-10-12-35(13-11-34)63-41-24-36(14-15-38(41)49(62)73)71-44-25-54(2,3)26-45(72)47(44)48(66-71)55(58,59)60/h4-15,24,32,37,63H,1,16-18,20-23,25-30H2,2-3H3,(H2,62,73)/t32-,37+/m1/s1. The molecule has 10 rings (SSSR count). The number of amides is 3. The summed E-state index contributed by atoms with van der Waals surface area (Å²) in [5, 5.41) is 19.3. The SMILES string of the molecule is C=C(F)C(=O)N1CCN(c2nc(OC[C@@H]3CCN(C(=O)c4ccc(Nc5cc(-n6nc(C(F)(F)F)c7c6CC(C)(C)CC7=O)ccc5C(N)=O)cc4)C3)nc3c2CCN(c2cccc4cccc(Cl)c24)C3)C[C@@H]1CC#N. The third kappa shape index (κ3) is 10.1. The Morgan fingerprint density at radius 2 is 1.74 bits per heavy atom. The molecule has 16 nitrogen and oxygen atoms in total. The van der Waals surface area contributed by atoms with E-state index in [1.165, 1.54) is 23.1 Å². The minimum Gasteiger partial charge on any atom is -0.463 e. The van der Waals surface area contributed by atoms with Crippen LogP contribution in [0.3, 0.4) is 0 Å². The van der Waals surface area contributed by atoms with Crippen LogP contribution in [-0.2, 0) is 30.4 Å². The summed E-state index contributed by atoms with van der Waals surface area (Å²) in [6.07, 6.45) is -3.61. The first-order chi connectivity index (χ1) is 36.3. The molecule has 392 valence electrons. The number of anilines is 4. The second-order valence-corrected chi connectivity index (χ2v) is 20.8. The molecule has 5 heterocycles. The van der Waals surface area contributed by atoms with E-state index < -0.39 is 52.3 Å². The number of hydrogen-bond donors (Lipinski definition) is 2. The average Bonchev–Trinajstić information content (AvgIpc) is 4.08. The molecule has 1 aliphatic carbocycles. The normalized spacial score (nSPS) is 18.3. The number of ketones is 1. The van der Waals surface area contributed by atoms with E-state index in [1.807, 2.05) is 41.3 Å². The predicted molar refractivity (Wildman–Crippen MR) is 277 cm³/mol. The molecule has 3 N–H and O–H groups in total. The maximum absolute atomic E-state index is 14.2. The molecule has 6 aromatic rings. The monoisotopic (exact) mass is 1060 g/mol. The highest BCUT2D eigenvalue weighted by atomic mass is 35.5. The molecule has 3 amide bonds. The third-order valence-electron chi connectivity index (χ3n) is 14.6. The zero-order valence-corrected chi connectivity index (χ0v) is 42.3. The fourth-order valence-corrected chi connectivity index (χ4v) is 11.2. The number of likely N-dealkylation sites (tertiary alicyclic amines) is 1. The van der Waals surface area contributed by atoms with Gasteiger partial charge in [-0.25, -0.2) is 9.07 Å². The average molecular weight is 1060 g/mol. The van der Waals surface area contributed by atoms with Gasteiger partial charge in [-0.1, -0.05) is 56.3 Å². The largest absolute Gasteiger partial charge is 0.463 e. The van der Waals surface area contributed by atoms with E-state index in [4.69, 9.17) is 32.0 Å². The lowest BCUT2D eigenvalue weighted by Gasteiger charge is -2.42. The van der Waals surface area contributed by atoms with E-state index in [2.05, 4.69) is 28.0 Å². The van der Waals surface area contributed by atoms with Gasteiger partial charge < -0.3 is 35.4 Å². The molecular formula is C55H52ClF4N11O5. The summed E-state index contributed by atoms with van der Waals surface area (Å²) < 4.78 is 64.3.